The van der Waals surface area contributed by atoms with Crippen molar-refractivity contribution in [2.24, 2.45) is 17.3 Å². The van der Waals surface area contributed by atoms with Gasteiger partial charge in [-0.3, -0.25) is 9.59 Å². The molecule has 0 aromatic rings. The Balaban J connectivity index is 1.85. The van der Waals surface area contributed by atoms with Gasteiger partial charge in [0, 0.05) is 12.3 Å². The first-order chi connectivity index (χ1) is 7.60. The molecule has 2 bridgehead atoms. The van der Waals surface area contributed by atoms with E-state index in [0.29, 0.717) is 18.0 Å². The van der Waals surface area contributed by atoms with Crippen LogP contribution in [-0.4, -0.2) is 23.3 Å². The maximum Gasteiger partial charge on any atom is 0.170 e. The Morgan fingerprint density at radius 3 is 2.75 bits per heavy atom. The summed E-state index contributed by atoms with van der Waals surface area (Å²) in [7, 11) is 0. The summed E-state index contributed by atoms with van der Waals surface area (Å²) < 4.78 is 6.00. The van der Waals surface area contributed by atoms with Crippen molar-refractivity contribution in [2.75, 3.05) is 0 Å². The van der Waals surface area contributed by atoms with E-state index in [2.05, 4.69) is 0 Å². The van der Waals surface area contributed by atoms with Gasteiger partial charge in [-0.15, -0.1) is 0 Å². The Morgan fingerprint density at radius 1 is 1.31 bits per heavy atom. The Hall–Kier alpha value is -0.700. The predicted molar refractivity (Wildman–Crippen MR) is 55.8 cm³/mol. The van der Waals surface area contributed by atoms with Crippen LogP contribution in [0.3, 0.4) is 0 Å². The van der Waals surface area contributed by atoms with Crippen LogP contribution in [0.25, 0.3) is 0 Å². The minimum atomic E-state index is -0.447. The number of ether oxygens (including phenoxy) is 1. The molecule has 2 unspecified atom stereocenters. The number of hydrogen-bond acceptors (Lipinski definition) is 3. The fourth-order valence-electron chi connectivity index (χ4n) is 4.58. The van der Waals surface area contributed by atoms with Gasteiger partial charge >= 0.3 is 0 Å². The van der Waals surface area contributed by atoms with Crippen molar-refractivity contribution in [2.45, 2.75) is 50.7 Å². The summed E-state index contributed by atoms with van der Waals surface area (Å²) in [4.78, 5) is 24.4. The molecule has 0 aromatic carbocycles. The van der Waals surface area contributed by atoms with Crippen LogP contribution in [0.5, 0.6) is 0 Å². The highest BCUT2D eigenvalue weighted by Gasteiger charge is 2.79. The maximum atomic E-state index is 12.3. The van der Waals surface area contributed by atoms with E-state index < -0.39 is 5.60 Å². The summed E-state index contributed by atoms with van der Waals surface area (Å²) in [5.74, 6) is 0.877. The fraction of sp³-hybridized carbons (Fsp3) is 0.846. The minimum Gasteiger partial charge on any atom is -0.362 e. The molecular weight excluding hydrogens is 204 g/mol. The van der Waals surface area contributed by atoms with E-state index in [9.17, 15) is 9.59 Å². The summed E-state index contributed by atoms with van der Waals surface area (Å²) in [6.07, 6.45) is 4.26. The number of hydrogen-bond donors (Lipinski definition) is 0. The van der Waals surface area contributed by atoms with Crippen LogP contribution >= 0.6 is 0 Å². The molecule has 2 heterocycles. The van der Waals surface area contributed by atoms with Gasteiger partial charge in [0.2, 0.25) is 0 Å². The third-order valence-electron chi connectivity index (χ3n) is 5.52. The van der Waals surface area contributed by atoms with Crippen LogP contribution in [-0.2, 0) is 14.3 Å². The standard InChI is InChI=1S/C13H16O3/c1-12-9-7(3-2-4-8(9)14)10(16-12)11(15)13(12)5-6-13/h7,9-10H,2-6H2,1H3/t7?,9?,10-,12+/m1/s1. The molecule has 3 heteroatoms. The van der Waals surface area contributed by atoms with Gasteiger partial charge in [-0.1, -0.05) is 0 Å². The smallest absolute Gasteiger partial charge is 0.170 e. The molecule has 4 aliphatic rings. The van der Waals surface area contributed by atoms with E-state index >= 15 is 0 Å². The first-order valence-corrected chi connectivity index (χ1v) is 6.35. The van der Waals surface area contributed by atoms with Crippen molar-refractivity contribution in [1.82, 2.24) is 0 Å². The maximum absolute atomic E-state index is 12.3. The number of carbonyl (C=O) groups excluding carboxylic acids is 2. The van der Waals surface area contributed by atoms with Crippen molar-refractivity contribution in [3.05, 3.63) is 0 Å². The third-order valence-corrected chi connectivity index (χ3v) is 5.52. The second-order valence-corrected chi connectivity index (χ2v) is 6.09. The normalized spacial score (nSPS) is 52.2. The molecule has 4 atom stereocenters. The van der Waals surface area contributed by atoms with E-state index in [1.54, 1.807) is 0 Å². The zero-order valence-corrected chi connectivity index (χ0v) is 9.49. The monoisotopic (exact) mass is 220 g/mol. The molecule has 2 aliphatic carbocycles. The molecule has 16 heavy (non-hydrogen) atoms. The van der Waals surface area contributed by atoms with Crippen molar-refractivity contribution >= 4 is 11.6 Å². The first kappa shape index (κ1) is 9.34. The minimum absolute atomic E-state index is 0.0199. The van der Waals surface area contributed by atoms with Crippen LogP contribution in [0, 0.1) is 17.3 Å². The van der Waals surface area contributed by atoms with Gasteiger partial charge < -0.3 is 4.74 Å². The van der Waals surface area contributed by atoms with Gasteiger partial charge in [0.1, 0.15) is 11.9 Å². The third kappa shape index (κ3) is 0.736. The number of ketones is 2. The molecule has 3 nitrogen and oxygen atoms in total. The van der Waals surface area contributed by atoms with E-state index in [1.165, 1.54) is 0 Å². The number of rotatable bonds is 0. The van der Waals surface area contributed by atoms with Crippen LogP contribution in [0.2, 0.25) is 0 Å². The molecule has 0 N–H and O–H groups in total. The lowest BCUT2D eigenvalue weighted by atomic mass is 9.59. The quantitative estimate of drug-likeness (QED) is 0.621. The van der Waals surface area contributed by atoms with Crippen LogP contribution < -0.4 is 0 Å². The summed E-state index contributed by atoms with van der Waals surface area (Å²) in [6, 6.07) is 0. The zero-order valence-electron chi connectivity index (χ0n) is 9.49. The Morgan fingerprint density at radius 2 is 2.06 bits per heavy atom. The van der Waals surface area contributed by atoms with Gasteiger partial charge in [-0.25, -0.2) is 0 Å². The molecule has 2 saturated heterocycles. The molecule has 1 spiro atoms. The van der Waals surface area contributed by atoms with Gasteiger partial charge in [-0.05, 0) is 32.6 Å². The lowest BCUT2D eigenvalue weighted by Gasteiger charge is -2.40. The second kappa shape index (κ2) is 2.42. The predicted octanol–water partition coefficient (Wildman–Crippen LogP) is 1.49. The van der Waals surface area contributed by atoms with Crippen LogP contribution in [0.1, 0.15) is 39.0 Å². The Bertz CT molecular complexity index is 409. The molecular formula is C13H16O3. The van der Waals surface area contributed by atoms with E-state index in [1.807, 2.05) is 6.92 Å². The SMILES string of the molecule is C[C@@]12O[C@@H](C(=O)C13CC3)C1CCCC(=O)C12. The summed E-state index contributed by atoms with van der Waals surface area (Å²) >= 11 is 0. The number of Topliss-reactive ketones (excluding diaryl/α,β-unsaturated/α-hetero) is 2. The molecule has 2 saturated carbocycles. The highest BCUT2D eigenvalue weighted by Crippen LogP contribution is 2.70. The molecule has 0 radical (unpaired) electrons. The van der Waals surface area contributed by atoms with E-state index in [0.717, 1.165) is 25.7 Å². The molecule has 0 aromatic heterocycles. The molecule has 4 fully saturated rings. The van der Waals surface area contributed by atoms with Crippen LogP contribution in [0.15, 0.2) is 0 Å². The average molecular weight is 220 g/mol. The lowest BCUT2D eigenvalue weighted by Crippen LogP contribution is -2.53. The Kier molecular flexibility index (Phi) is 1.42. The molecule has 0 amide bonds. The highest BCUT2D eigenvalue weighted by atomic mass is 16.5. The summed E-state index contributed by atoms with van der Waals surface area (Å²) in [6.45, 7) is 2.02. The van der Waals surface area contributed by atoms with Crippen molar-refractivity contribution in [3.8, 4) is 0 Å². The molecule has 4 rings (SSSR count). The van der Waals surface area contributed by atoms with E-state index in [-0.39, 0.29) is 23.4 Å². The van der Waals surface area contributed by atoms with Gasteiger partial charge in [0.25, 0.3) is 0 Å². The van der Waals surface area contributed by atoms with Crippen molar-refractivity contribution in [3.63, 3.8) is 0 Å². The summed E-state index contributed by atoms with van der Waals surface area (Å²) in [5, 5.41) is 0. The fourth-order valence-corrected chi connectivity index (χ4v) is 4.58. The number of carbonyl (C=O) groups is 2. The average Bonchev–Trinajstić information content (AvgIpc) is 2.95. The molecule has 86 valence electrons. The van der Waals surface area contributed by atoms with Gasteiger partial charge in [0.15, 0.2) is 5.78 Å². The second-order valence-electron chi connectivity index (χ2n) is 6.09. The van der Waals surface area contributed by atoms with Crippen molar-refractivity contribution in [1.29, 1.82) is 0 Å². The highest BCUT2D eigenvalue weighted by molar-refractivity contribution is 6.00. The van der Waals surface area contributed by atoms with Gasteiger partial charge in [-0.2, -0.15) is 0 Å². The largest absolute Gasteiger partial charge is 0.362 e. The molecule has 2 aliphatic heterocycles. The Labute approximate surface area is 94.5 Å². The number of fused-ring (bicyclic) bond motifs is 6. The topological polar surface area (TPSA) is 43.4 Å². The van der Waals surface area contributed by atoms with Crippen molar-refractivity contribution < 1.29 is 14.3 Å². The zero-order chi connectivity index (χ0) is 11.1. The summed E-state index contributed by atoms with van der Waals surface area (Å²) in [5.41, 5.74) is -0.706. The van der Waals surface area contributed by atoms with Crippen LogP contribution in [0.4, 0.5) is 0 Å². The first-order valence-electron chi connectivity index (χ1n) is 6.35. The van der Waals surface area contributed by atoms with E-state index in [4.69, 9.17) is 4.74 Å². The van der Waals surface area contributed by atoms with Gasteiger partial charge in [0.05, 0.1) is 16.9 Å². The lowest BCUT2D eigenvalue weighted by molar-refractivity contribution is -0.137.